The van der Waals surface area contributed by atoms with Crippen LogP contribution in [0.1, 0.15) is 19.8 Å². The summed E-state index contributed by atoms with van der Waals surface area (Å²) in [5, 5.41) is 0. The van der Waals surface area contributed by atoms with Gasteiger partial charge in [0.05, 0.1) is 0 Å². The quantitative estimate of drug-likeness (QED) is 0.593. The minimum Gasteiger partial charge on any atom is -0.316 e. The molecule has 0 N–H and O–H groups in total. The summed E-state index contributed by atoms with van der Waals surface area (Å²) in [6.45, 7) is 1.94. The Bertz CT molecular complexity index is 123. The number of halogens is 1. The third kappa shape index (κ3) is 5.18. The van der Waals surface area contributed by atoms with E-state index in [1.165, 1.54) is 0 Å². The molecule has 0 rings (SSSR count). The van der Waals surface area contributed by atoms with Crippen LogP contribution in [0.25, 0.3) is 0 Å². The zero-order chi connectivity index (χ0) is 10.4. The van der Waals surface area contributed by atoms with Crippen LogP contribution in [-0.4, -0.2) is 50.7 Å². The molecule has 0 heterocycles. The van der Waals surface area contributed by atoms with Crippen LogP contribution in [0.15, 0.2) is 0 Å². The van der Waals surface area contributed by atoms with E-state index in [1.807, 2.05) is 44.9 Å². The van der Waals surface area contributed by atoms with Gasteiger partial charge in [-0.25, -0.2) is 4.39 Å². The lowest BCUT2D eigenvalue weighted by atomic mass is 10.3. The summed E-state index contributed by atoms with van der Waals surface area (Å²) in [6, 6.07) is 0. The summed E-state index contributed by atoms with van der Waals surface area (Å²) in [4.78, 5) is 3.67. The second kappa shape index (κ2) is 6.29. The summed E-state index contributed by atoms with van der Waals surface area (Å²) in [7, 11) is 7.46. The fourth-order valence-electron chi connectivity index (χ4n) is 1.13. The standard InChI is InChI=1S/C9H21FN2O/c1-6-7-8(10)13-9(11(2)3)12(4)5/h8-9H,6-7H2,1-5H3. The second-order valence-corrected chi connectivity index (χ2v) is 3.59. The molecule has 0 aliphatic heterocycles. The van der Waals surface area contributed by atoms with E-state index >= 15 is 0 Å². The Morgan fingerprint density at radius 1 is 1.15 bits per heavy atom. The van der Waals surface area contributed by atoms with Crippen LogP contribution in [-0.2, 0) is 4.74 Å². The number of nitrogens with zero attached hydrogens (tertiary/aromatic N) is 2. The molecule has 0 bridgehead atoms. The van der Waals surface area contributed by atoms with Gasteiger partial charge in [0.2, 0.25) is 6.36 Å². The first-order valence-corrected chi connectivity index (χ1v) is 4.61. The summed E-state index contributed by atoms with van der Waals surface area (Å²) in [5.74, 6) is 0. The van der Waals surface area contributed by atoms with Crippen LogP contribution in [0.5, 0.6) is 0 Å². The molecule has 0 saturated carbocycles. The summed E-state index contributed by atoms with van der Waals surface area (Å²) in [5.41, 5.74) is 0. The molecule has 0 aromatic rings. The topological polar surface area (TPSA) is 15.7 Å². The van der Waals surface area contributed by atoms with Crippen molar-refractivity contribution in [2.24, 2.45) is 0 Å². The summed E-state index contributed by atoms with van der Waals surface area (Å²) < 4.78 is 18.3. The number of hydrogen-bond acceptors (Lipinski definition) is 3. The molecule has 0 amide bonds. The van der Waals surface area contributed by atoms with Crippen LogP contribution in [0.2, 0.25) is 0 Å². The average molecular weight is 192 g/mol. The van der Waals surface area contributed by atoms with Gasteiger partial charge in [-0.3, -0.25) is 9.80 Å². The molecular weight excluding hydrogens is 171 g/mol. The zero-order valence-electron chi connectivity index (χ0n) is 9.25. The molecule has 0 radical (unpaired) electrons. The van der Waals surface area contributed by atoms with E-state index in [4.69, 9.17) is 4.74 Å². The monoisotopic (exact) mass is 192 g/mol. The van der Waals surface area contributed by atoms with Crippen molar-refractivity contribution in [3.63, 3.8) is 0 Å². The van der Waals surface area contributed by atoms with Crippen molar-refractivity contribution in [3.05, 3.63) is 0 Å². The third-order valence-electron chi connectivity index (χ3n) is 1.67. The van der Waals surface area contributed by atoms with Gasteiger partial charge in [-0.2, -0.15) is 0 Å². The Balaban J connectivity index is 3.94. The molecule has 0 saturated heterocycles. The predicted molar refractivity (Wildman–Crippen MR) is 52.1 cm³/mol. The van der Waals surface area contributed by atoms with Crippen molar-refractivity contribution in [1.82, 2.24) is 9.80 Å². The van der Waals surface area contributed by atoms with Crippen molar-refractivity contribution < 1.29 is 9.13 Å². The van der Waals surface area contributed by atoms with Gasteiger partial charge in [0.15, 0.2) is 6.35 Å². The number of ether oxygens (including phenoxy) is 1. The van der Waals surface area contributed by atoms with Crippen LogP contribution in [0, 0.1) is 0 Å². The van der Waals surface area contributed by atoms with Crippen molar-refractivity contribution >= 4 is 0 Å². The molecule has 4 heteroatoms. The first kappa shape index (κ1) is 12.8. The molecule has 13 heavy (non-hydrogen) atoms. The van der Waals surface area contributed by atoms with Gasteiger partial charge in [-0.05, 0) is 28.2 Å². The molecule has 0 aromatic carbocycles. The maximum absolute atomic E-state index is 13.1. The van der Waals surface area contributed by atoms with E-state index in [-0.39, 0.29) is 6.35 Å². The van der Waals surface area contributed by atoms with Gasteiger partial charge < -0.3 is 4.74 Å². The maximum atomic E-state index is 13.1. The molecule has 0 aliphatic carbocycles. The number of rotatable bonds is 6. The summed E-state index contributed by atoms with van der Waals surface area (Å²) >= 11 is 0. The fourth-order valence-corrected chi connectivity index (χ4v) is 1.13. The van der Waals surface area contributed by atoms with E-state index in [2.05, 4.69) is 0 Å². The van der Waals surface area contributed by atoms with E-state index < -0.39 is 6.36 Å². The minimum atomic E-state index is -1.17. The smallest absolute Gasteiger partial charge is 0.201 e. The molecule has 80 valence electrons. The Kier molecular flexibility index (Phi) is 6.20. The van der Waals surface area contributed by atoms with Gasteiger partial charge in [0, 0.05) is 6.42 Å². The molecule has 0 aliphatic rings. The highest BCUT2D eigenvalue weighted by Crippen LogP contribution is 2.09. The average Bonchev–Trinajstić information content (AvgIpc) is 1.99. The van der Waals surface area contributed by atoms with Gasteiger partial charge in [0.25, 0.3) is 0 Å². The van der Waals surface area contributed by atoms with Gasteiger partial charge in [-0.15, -0.1) is 0 Å². The Hall–Kier alpha value is -0.190. The molecule has 0 spiro atoms. The van der Waals surface area contributed by atoms with Crippen molar-refractivity contribution in [3.8, 4) is 0 Å². The van der Waals surface area contributed by atoms with Gasteiger partial charge in [0.1, 0.15) is 0 Å². The van der Waals surface area contributed by atoms with Crippen LogP contribution in [0.3, 0.4) is 0 Å². The van der Waals surface area contributed by atoms with Crippen molar-refractivity contribution in [2.45, 2.75) is 32.5 Å². The molecule has 0 fully saturated rings. The second-order valence-electron chi connectivity index (χ2n) is 3.59. The van der Waals surface area contributed by atoms with E-state index in [0.717, 1.165) is 6.42 Å². The van der Waals surface area contributed by atoms with Crippen molar-refractivity contribution in [2.75, 3.05) is 28.2 Å². The first-order valence-electron chi connectivity index (χ1n) is 4.61. The molecule has 1 atom stereocenters. The molecular formula is C9H21FN2O. The number of alkyl halides is 1. The lowest BCUT2D eigenvalue weighted by Gasteiger charge is -2.31. The van der Waals surface area contributed by atoms with Gasteiger partial charge in [-0.1, -0.05) is 13.3 Å². The van der Waals surface area contributed by atoms with Crippen LogP contribution in [0.4, 0.5) is 4.39 Å². The highest BCUT2D eigenvalue weighted by atomic mass is 19.1. The maximum Gasteiger partial charge on any atom is 0.201 e. The highest BCUT2D eigenvalue weighted by Gasteiger charge is 2.18. The molecule has 0 aromatic heterocycles. The lowest BCUT2D eigenvalue weighted by Crippen LogP contribution is -2.44. The van der Waals surface area contributed by atoms with Crippen LogP contribution < -0.4 is 0 Å². The normalized spacial score (nSPS) is 14.5. The molecule has 3 nitrogen and oxygen atoms in total. The molecule has 1 unspecified atom stereocenters. The predicted octanol–water partition coefficient (Wildman–Crippen LogP) is 1.51. The van der Waals surface area contributed by atoms with Crippen molar-refractivity contribution in [1.29, 1.82) is 0 Å². The summed E-state index contributed by atoms with van der Waals surface area (Å²) in [6.07, 6.45) is -0.200. The fraction of sp³-hybridized carbons (Fsp3) is 1.00. The number of hydrogen-bond donors (Lipinski definition) is 0. The zero-order valence-corrected chi connectivity index (χ0v) is 9.25. The highest BCUT2D eigenvalue weighted by molar-refractivity contribution is 4.52. The lowest BCUT2D eigenvalue weighted by molar-refractivity contribution is -0.191. The SMILES string of the molecule is CCCC(F)OC(N(C)C)N(C)C. The third-order valence-corrected chi connectivity index (χ3v) is 1.67. The van der Waals surface area contributed by atoms with E-state index in [1.54, 1.807) is 0 Å². The largest absolute Gasteiger partial charge is 0.316 e. The van der Waals surface area contributed by atoms with E-state index in [9.17, 15) is 4.39 Å². The van der Waals surface area contributed by atoms with E-state index in [0.29, 0.717) is 6.42 Å². The minimum absolute atomic E-state index is 0.290. The van der Waals surface area contributed by atoms with Crippen LogP contribution >= 0.6 is 0 Å². The Morgan fingerprint density at radius 2 is 1.62 bits per heavy atom. The first-order chi connectivity index (χ1) is 5.99. The Labute approximate surface area is 80.5 Å². The van der Waals surface area contributed by atoms with Gasteiger partial charge >= 0.3 is 0 Å². The Morgan fingerprint density at radius 3 is 1.92 bits per heavy atom.